The zero-order chi connectivity index (χ0) is 18.4. The molecular weight excluding hydrogens is 338 g/mol. The van der Waals surface area contributed by atoms with Crippen molar-refractivity contribution in [2.45, 2.75) is 32.4 Å². The van der Waals surface area contributed by atoms with Gasteiger partial charge >= 0.3 is 0 Å². The topological polar surface area (TPSA) is 18.5 Å². The Hall–Kier alpha value is -1.91. The average molecular weight is 368 g/mol. The van der Waals surface area contributed by atoms with Gasteiger partial charge < -0.3 is 10.2 Å². The maximum Gasteiger partial charge on any atom is 0.169 e. The maximum absolute atomic E-state index is 5.60. The number of thiocarbonyl (C=S) groups is 1. The van der Waals surface area contributed by atoms with Gasteiger partial charge in [0.25, 0.3) is 0 Å². The average Bonchev–Trinajstić information content (AvgIpc) is 2.70. The molecule has 1 aliphatic rings. The Morgan fingerprint density at radius 2 is 1.42 bits per heavy atom. The third-order valence-electron chi connectivity index (χ3n) is 5.18. The fourth-order valence-electron chi connectivity index (χ4n) is 3.47. The first-order valence-electron chi connectivity index (χ1n) is 9.58. The lowest BCUT2D eigenvalue weighted by molar-refractivity contribution is 0.149. The Morgan fingerprint density at radius 3 is 1.88 bits per heavy atom. The molecule has 1 aliphatic heterocycles. The predicted octanol–water partition coefficient (Wildman–Crippen LogP) is 4.07. The van der Waals surface area contributed by atoms with E-state index < -0.39 is 0 Å². The van der Waals surface area contributed by atoms with Gasteiger partial charge in [0.05, 0.1) is 6.04 Å². The van der Waals surface area contributed by atoms with Crippen molar-refractivity contribution < 1.29 is 0 Å². The molecule has 3 nitrogen and oxygen atoms in total. The molecule has 0 aromatic heterocycles. The van der Waals surface area contributed by atoms with E-state index in [1.54, 1.807) is 0 Å². The van der Waals surface area contributed by atoms with Crippen molar-refractivity contribution in [1.29, 1.82) is 0 Å². The molecule has 4 heteroatoms. The summed E-state index contributed by atoms with van der Waals surface area (Å²) in [5, 5.41) is 4.34. The Bertz CT molecular complexity index is 642. The molecule has 2 aromatic carbocycles. The van der Waals surface area contributed by atoms with Crippen LogP contribution in [-0.2, 0) is 0 Å². The van der Waals surface area contributed by atoms with E-state index in [4.69, 9.17) is 12.2 Å². The van der Waals surface area contributed by atoms with E-state index in [-0.39, 0.29) is 0 Å². The molecule has 1 saturated heterocycles. The molecule has 3 rings (SSSR count). The van der Waals surface area contributed by atoms with E-state index in [9.17, 15) is 0 Å². The highest BCUT2D eigenvalue weighted by Crippen LogP contribution is 2.29. The monoisotopic (exact) mass is 367 g/mol. The van der Waals surface area contributed by atoms with Gasteiger partial charge in [0.15, 0.2) is 5.11 Å². The molecule has 26 heavy (non-hydrogen) atoms. The summed E-state index contributed by atoms with van der Waals surface area (Å²) in [6.45, 7) is 8.33. The van der Waals surface area contributed by atoms with Crippen molar-refractivity contribution >= 4 is 17.3 Å². The molecule has 0 saturated carbocycles. The lowest BCUT2D eigenvalue weighted by atomic mass is 9.96. The molecule has 0 unspecified atom stereocenters. The van der Waals surface area contributed by atoms with Crippen LogP contribution in [0.4, 0.5) is 0 Å². The highest BCUT2D eigenvalue weighted by atomic mass is 32.1. The molecule has 1 atom stereocenters. The van der Waals surface area contributed by atoms with E-state index >= 15 is 0 Å². The number of hydrogen-bond donors (Lipinski definition) is 1. The van der Waals surface area contributed by atoms with Crippen LogP contribution in [0.5, 0.6) is 0 Å². The molecule has 2 aromatic rings. The van der Waals surface area contributed by atoms with Gasteiger partial charge in [-0.1, -0.05) is 67.6 Å². The quantitative estimate of drug-likeness (QED) is 0.803. The maximum atomic E-state index is 5.60. The first-order valence-corrected chi connectivity index (χ1v) is 9.99. The summed E-state index contributed by atoms with van der Waals surface area (Å²) >= 11 is 5.60. The fraction of sp³-hybridized carbons (Fsp3) is 0.409. The Balaban J connectivity index is 1.71. The van der Waals surface area contributed by atoms with E-state index in [0.717, 1.165) is 37.7 Å². The summed E-state index contributed by atoms with van der Waals surface area (Å²) in [6.07, 6.45) is 1.09. The van der Waals surface area contributed by atoms with Gasteiger partial charge in [0.1, 0.15) is 0 Å². The van der Waals surface area contributed by atoms with Crippen LogP contribution in [0.2, 0.25) is 0 Å². The molecule has 0 radical (unpaired) electrons. The van der Waals surface area contributed by atoms with Crippen molar-refractivity contribution in [3.8, 4) is 0 Å². The minimum atomic E-state index is 0.302. The van der Waals surface area contributed by atoms with Crippen molar-refractivity contribution in [2.75, 3.05) is 26.2 Å². The lowest BCUT2D eigenvalue weighted by Crippen LogP contribution is -2.53. The van der Waals surface area contributed by atoms with E-state index in [1.807, 2.05) is 0 Å². The van der Waals surface area contributed by atoms with E-state index in [2.05, 4.69) is 89.6 Å². The smallest absolute Gasteiger partial charge is 0.169 e. The molecule has 0 aliphatic carbocycles. The summed E-state index contributed by atoms with van der Waals surface area (Å²) in [6, 6.07) is 22.4. The number of benzene rings is 2. The zero-order valence-corrected chi connectivity index (χ0v) is 16.6. The fourth-order valence-corrected chi connectivity index (χ4v) is 3.86. The molecular formula is C22H29N3S. The van der Waals surface area contributed by atoms with Crippen LogP contribution in [0.3, 0.4) is 0 Å². The van der Waals surface area contributed by atoms with E-state index in [0.29, 0.717) is 12.1 Å². The van der Waals surface area contributed by atoms with Crippen LogP contribution in [0, 0.1) is 0 Å². The molecule has 0 spiro atoms. The van der Waals surface area contributed by atoms with Gasteiger partial charge in [-0.3, -0.25) is 4.90 Å². The van der Waals surface area contributed by atoms with Crippen LogP contribution >= 0.6 is 12.2 Å². The Morgan fingerprint density at radius 1 is 0.923 bits per heavy atom. The van der Waals surface area contributed by atoms with Crippen LogP contribution in [-0.4, -0.2) is 47.1 Å². The highest BCUT2D eigenvalue weighted by Gasteiger charge is 2.27. The largest absolute Gasteiger partial charge is 0.360 e. The molecule has 1 heterocycles. The minimum absolute atomic E-state index is 0.302. The molecule has 0 amide bonds. The summed E-state index contributed by atoms with van der Waals surface area (Å²) in [5.74, 6) is 0. The SMILES string of the molecule is CC[C@H](C)NC(=S)N1CCN(C(c2ccccc2)c2ccccc2)CC1. The third-order valence-corrected chi connectivity index (χ3v) is 5.56. The van der Waals surface area contributed by atoms with E-state index in [1.165, 1.54) is 11.1 Å². The number of piperazine rings is 1. The minimum Gasteiger partial charge on any atom is -0.360 e. The first kappa shape index (κ1) is 18.9. The number of hydrogen-bond acceptors (Lipinski definition) is 2. The van der Waals surface area contributed by atoms with Crippen molar-refractivity contribution in [1.82, 2.24) is 15.1 Å². The van der Waals surface area contributed by atoms with Crippen LogP contribution in [0.15, 0.2) is 60.7 Å². The number of nitrogens with one attached hydrogen (secondary N) is 1. The second-order valence-corrected chi connectivity index (χ2v) is 7.39. The predicted molar refractivity (Wildman–Crippen MR) is 113 cm³/mol. The lowest BCUT2D eigenvalue weighted by Gasteiger charge is -2.41. The molecule has 0 bridgehead atoms. The Labute approximate surface area is 163 Å². The van der Waals surface area contributed by atoms with Gasteiger partial charge in [-0.2, -0.15) is 0 Å². The van der Waals surface area contributed by atoms with Gasteiger partial charge in [-0.15, -0.1) is 0 Å². The summed E-state index contributed by atoms with van der Waals surface area (Å²) in [4.78, 5) is 4.89. The molecule has 1 fully saturated rings. The number of rotatable bonds is 5. The van der Waals surface area contributed by atoms with Gasteiger partial charge in [-0.05, 0) is 36.7 Å². The standard InChI is InChI=1S/C22H29N3S/c1-3-18(2)23-22(26)25-16-14-24(15-17-25)21(19-10-6-4-7-11-19)20-12-8-5-9-13-20/h4-13,18,21H,3,14-17H2,1-2H3,(H,23,26)/t18-/m0/s1. The number of nitrogens with zero attached hydrogens (tertiary/aromatic N) is 2. The van der Waals surface area contributed by atoms with Crippen molar-refractivity contribution in [3.05, 3.63) is 71.8 Å². The third kappa shape index (κ3) is 4.63. The second kappa shape index (κ2) is 9.15. The van der Waals surface area contributed by atoms with Crippen LogP contribution < -0.4 is 5.32 Å². The van der Waals surface area contributed by atoms with Crippen LogP contribution in [0.25, 0.3) is 0 Å². The first-order chi connectivity index (χ1) is 12.7. The van der Waals surface area contributed by atoms with Crippen LogP contribution in [0.1, 0.15) is 37.4 Å². The zero-order valence-electron chi connectivity index (χ0n) is 15.8. The van der Waals surface area contributed by atoms with Crippen molar-refractivity contribution in [3.63, 3.8) is 0 Å². The highest BCUT2D eigenvalue weighted by molar-refractivity contribution is 7.80. The second-order valence-electron chi connectivity index (χ2n) is 7.01. The van der Waals surface area contributed by atoms with Gasteiger partial charge in [-0.25, -0.2) is 0 Å². The summed E-state index contributed by atoms with van der Waals surface area (Å²) < 4.78 is 0. The van der Waals surface area contributed by atoms with Gasteiger partial charge in [0.2, 0.25) is 0 Å². The van der Waals surface area contributed by atoms with Crippen molar-refractivity contribution in [2.24, 2.45) is 0 Å². The Kier molecular flexibility index (Phi) is 6.64. The molecule has 1 N–H and O–H groups in total. The summed E-state index contributed by atoms with van der Waals surface area (Å²) in [7, 11) is 0. The van der Waals surface area contributed by atoms with Gasteiger partial charge in [0, 0.05) is 32.2 Å². The summed E-state index contributed by atoms with van der Waals surface area (Å²) in [5.41, 5.74) is 2.71. The normalized spacial score (nSPS) is 16.5. The molecule has 138 valence electrons.